The zero-order valence-corrected chi connectivity index (χ0v) is 17.8. The molecule has 160 valence electrons. The lowest BCUT2D eigenvalue weighted by Gasteiger charge is -2.10. The largest absolute Gasteiger partial charge is 0.497 e. The third-order valence-electron chi connectivity index (χ3n) is 4.56. The molecule has 31 heavy (non-hydrogen) atoms. The van der Waals surface area contributed by atoms with Gasteiger partial charge >= 0.3 is 0 Å². The first-order valence-electron chi connectivity index (χ1n) is 9.84. The Morgan fingerprint density at radius 3 is 2.48 bits per heavy atom. The molecular weight excluding hydrogens is 417 g/mol. The van der Waals surface area contributed by atoms with Crippen molar-refractivity contribution in [3.63, 3.8) is 0 Å². The van der Waals surface area contributed by atoms with Crippen molar-refractivity contribution in [1.82, 2.24) is 14.8 Å². The highest BCUT2D eigenvalue weighted by Crippen LogP contribution is 2.27. The van der Waals surface area contributed by atoms with E-state index in [1.807, 2.05) is 41.0 Å². The Kier molecular flexibility index (Phi) is 6.89. The van der Waals surface area contributed by atoms with E-state index < -0.39 is 0 Å². The average molecular weight is 440 g/mol. The summed E-state index contributed by atoms with van der Waals surface area (Å²) in [5, 5.41) is 9.63. The van der Waals surface area contributed by atoms with Gasteiger partial charge in [0.25, 0.3) is 0 Å². The smallest absolute Gasteiger partial charge is 0.191 e. The molecule has 0 saturated carbocycles. The van der Waals surface area contributed by atoms with E-state index in [4.69, 9.17) is 13.9 Å². The summed E-state index contributed by atoms with van der Waals surface area (Å²) in [6.45, 7) is 1.08. The molecule has 0 fully saturated rings. The number of methoxy groups -OCH3 is 1. The van der Waals surface area contributed by atoms with E-state index in [1.165, 1.54) is 12.1 Å². The van der Waals surface area contributed by atoms with Gasteiger partial charge in [-0.05, 0) is 67.1 Å². The molecule has 0 atom stereocenters. The molecule has 2 aromatic heterocycles. The van der Waals surface area contributed by atoms with Crippen LogP contribution in [0.2, 0.25) is 0 Å². The van der Waals surface area contributed by atoms with E-state index in [-0.39, 0.29) is 5.82 Å². The van der Waals surface area contributed by atoms with Crippen molar-refractivity contribution in [1.29, 1.82) is 0 Å². The van der Waals surface area contributed by atoms with Crippen LogP contribution in [0.25, 0.3) is 11.4 Å². The number of benzene rings is 2. The Bertz CT molecular complexity index is 1080. The van der Waals surface area contributed by atoms with E-state index in [0.717, 1.165) is 40.2 Å². The Hall–Kier alpha value is -3.26. The maximum absolute atomic E-state index is 13.0. The second kappa shape index (κ2) is 10.2. The van der Waals surface area contributed by atoms with Gasteiger partial charge in [-0.3, -0.25) is 4.57 Å². The monoisotopic (exact) mass is 439 g/mol. The standard InChI is InChI=1S/C23H22FN3O3S/c1-28-19-9-5-17(6-10-19)22-25-26-23(27(22)16-21-4-2-13-30-21)31-15-3-14-29-20-11-7-18(24)8-12-20/h2,4-13H,3,14-16H2,1H3. The van der Waals surface area contributed by atoms with E-state index in [2.05, 4.69) is 10.2 Å². The molecule has 0 saturated heterocycles. The number of thioether (sulfide) groups is 1. The van der Waals surface area contributed by atoms with Crippen LogP contribution in [0.3, 0.4) is 0 Å². The minimum absolute atomic E-state index is 0.272. The molecule has 0 spiro atoms. The van der Waals surface area contributed by atoms with Gasteiger partial charge in [-0.15, -0.1) is 10.2 Å². The van der Waals surface area contributed by atoms with Crippen LogP contribution in [0.4, 0.5) is 4.39 Å². The first kappa shape index (κ1) is 21.0. The van der Waals surface area contributed by atoms with Crippen LogP contribution in [-0.4, -0.2) is 34.2 Å². The molecule has 0 radical (unpaired) electrons. The van der Waals surface area contributed by atoms with Crippen molar-refractivity contribution in [2.24, 2.45) is 0 Å². The molecule has 0 amide bonds. The highest BCUT2D eigenvalue weighted by Gasteiger charge is 2.16. The topological polar surface area (TPSA) is 62.3 Å². The summed E-state index contributed by atoms with van der Waals surface area (Å²) in [4.78, 5) is 0. The highest BCUT2D eigenvalue weighted by molar-refractivity contribution is 7.99. The van der Waals surface area contributed by atoms with Crippen LogP contribution in [0.5, 0.6) is 11.5 Å². The molecule has 8 heteroatoms. The number of hydrogen-bond acceptors (Lipinski definition) is 6. The predicted molar refractivity (Wildman–Crippen MR) is 117 cm³/mol. The van der Waals surface area contributed by atoms with Crippen molar-refractivity contribution in [2.45, 2.75) is 18.1 Å². The van der Waals surface area contributed by atoms with Gasteiger partial charge in [0.1, 0.15) is 23.1 Å². The van der Waals surface area contributed by atoms with Gasteiger partial charge in [0.05, 0.1) is 26.5 Å². The lowest BCUT2D eigenvalue weighted by Crippen LogP contribution is -2.04. The number of halogens is 1. The molecule has 4 aromatic rings. The molecule has 0 aliphatic rings. The average Bonchev–Trinajstić information content (AvgIpc) is 3.46. The van der Waals surface area contributed by atoms with E-state index in [1.54, 1.807) is 37.3 Å². The first-order valence-corrected chi connectivity index (χ1v) is 10.8. The Balaban J connectivity index is 1.42. The Labute approximate surface area is 184 Å². The quantitative estimate of drug-likeness (QED) is 0.247. The van der Waals surface area contributed by atoms with Gasteiger partial charge in [0.15, 0.2) is 11.0 Å². The van der Waals surface area contributed by atoms with Crippen molar-refractivity contribution in [2.75, 3.05) is 19.5 Å². The molecule has 0 bridgehead atoms. The maximum atomic E-state index is 13.0. The van der Waals surface area contributed by atoms with Crippen LogP contribution in [0.1, 0.15) is 12.2 Å². The number of aromatic nitrogens is 3. The molecule has 0 aliphatic heterocycles. The number of ether oxygens (including phenoxy) is 2. The van der Waals surface area contributed by atoms with Crippen LogP contribution >= 0.6 is 11.8 Å². The molecule has 6 nitrogen and oxygen atoms in total. The van der Waals surface area contributed by atoms with Crippen LogP contribution in [0, 0.1) is 5.82 Å². The Morgan fingerprint density at radius 2 is 1.77 bits per heavy atom. The summed E-state index contributed by atoms with van der Waals surface area (Å²) >= 11 is 1.61. The summed E-state index contributed by atoms with van der Waals surface area (Å²) in [6, 6.07) is 17.6. The summed E-state index contributed by atoms with van der Waals surface area (Å²) in [5.41, 5.74) is 0.950. The van der Waals surface area contributed by atoms with Crippen LogP contribution in [0.15, 0.2) is 76.5 Å². The Morgan fingerprint density at radius 1 is 1.00 bits per heavy atom. The van der Waals surface area contributed by atoms with Gasteiger partial charge < -0.3 is 13.9 Å². The van der Waals surface area contributed by atoms with Gasteiger partial charge in [-0.2, -0.15) is 0 Å². The van der Waals surface area contributed by atoms with Crippen molar-refractivity contribution >= 4 is 11.8 Å². The van der Waals surface area contributed by atoms with Crippen LogP contribution in [-0.2, 0) is 6.54 Å². The molecule has 2 heterocycles. The fourth-order valence-corrected chi connectivity index (χ4v) is 3.84. The number of nitrogens with zero attached hydrogens (tertiary/aromatic N) is 3. The highest BCUT2D eigenvalue weighted by atomic mass is 32.2. The number of hydrogen-bond donors (Lipinski definition) is 0. The van der Waals surface area contributed by atoms with Gasteiger partial charge in [-0.25, -0.2) is 4.39 Å². The van der Waals surface area contributed by atoms with Crippen molar-refractivity contribution in [3.05, 3.63) is 78.5 Å². The molecule has 4 rings (SSSR count). The summed E-state index contributed by atoms with van der Waals surface area (Å²) in [5.74, 6) is 3.58. The molecule has 0 N–H and O–H groups in total. The van der Waals surface area contributed by atoms with Crippen LogP contribution < -0.4 is 9.47 Å². The third kappa shape index (κ3) is 5.46. The fourth-order valence-electron chi connectivity index (χ4n) is 2.99. The second-order valence-electron chi connectivity index (χ2n) is 6.70. The van der Waals surface area contributed by atoms with Gasteiger partial charge in [-0.1, -0.05) is 11.8 Å². The zero-order valence-electron chi connectivity index (χ0n) is 17.0. The maximum Gasteiger partial charge on any atom is 0.191 e. The van der Waals surface area contributed by atoms with Gasteiger partial charge in [0, 0.05) is 11.3 Å². The zero-order chi connectivity index (χ0) is 21.5. The number of furan rings is 1. The first-order chi connectivity index (χ1) is 15.2. The van der Waals surface area contributed by atoms with Crippen molar-refractivity contribution < 1.29 is 18.3 Å². The van der Waals surface area contributed by atoms with Gasteiger partial charge in [0.2, 0.25) is 0 Å². The van der Waals surface area contributed by atoms with E-state index in [0.29, 0.717) is 18.9 Å². The molecule has 0 unspecified atom stereocenters. The number of rotatable bonds is 10. The minimum Gasteiger partial charge on any atom is -0.497 e. The second-order valence-corrected chi connectivity index (χ2v) is 7.77. The molecular formula is C23H22FN3O3S. The van der Waals surface area contributed by atoms with Crippen molar-refractivity contribution in [3.8, 4) is 22.9 Å². The summed E-state index contributed by atoms with van der Waals surface area (Å²) in [7, 11) is 1.64. The van der Waals surface area contributed by atoms with E-state index in [9.17, 15) is 4.39 Å². The molecule has 0 aliphatic carbocycles. The third-order valence-corrected chi connectivity index (χ3v) is 5.61. The predicted octanol–water partition coefficient (Wildman–Crippen LogP) is 5.30. The van der Waals surface area contributed by atoms with E-state index >= 15 is 0 Å². The lowest BCUT2D eigenvalue weighted by molar-refractivity contribution is 0.318. The molecule has 2 aromatic carbocycles. The summed E-state index contributed by atoms with van der Waals surface area (Å²) in [6.07, 6.45) is 2.47. The normalized spacial score (nSPS) is 10.9. The fraction of sp³-hybridized carbons (Fsp3) is 0.217. The SMILES string of the molecule is COc1ccc(-c2nnc(SCCCOc3ccc(F)cc3)n2Cc2ccco2)cc1. The lowest BCUT2D eigenvalue weighted by atomic mass is 10.2. The summed E-state index contributed by atoms with van der Waals surface area (Å²) < 4.78 is 31.5. The minimum atomic E-state index is -0.272.